The van der Waals surface area contributed by atoms with Crippen molar-refractivity contribution < 1.29 is 24.5 Å². The van der Waals surface area contributed by atoms with E-state index in [2.05, 4.69) is 55.0 Å². The van der Waals surface area contributed by atoms with Gasteiger partial charge in [0.15, 0.2) is 0 Å². The number of ether oxygens (including phenoxy) is 1. The number of carboxylic acid groups (broad SMARTS) is 1. The zero-order valence-electron chi connectivity index (χ0n) is 25.2. The van der Waals surface area contributed by atoms with E-state index in [-0.39, 0.29) is 39.7 Å². The lowest BCUT2D eigenvalue weighted by atomic mass is 9.43. The fraction of sp³-hybridized carbons (Fsp3) is 0.818. The summed E-state index contributed by atoms with van der Waals surface area (Å²) in [5, 5.41) is 22.0. The number of hydrogen-bond acceptors (Lipinski definition) is 4. The molecule has 2 N–H and O–H groups in total. The quantitative estimate of drug-likeness (QED) is 0.267. The standard InChI is InChI=1S/C33H52O5/c1-19(2)20(3)10-11-22(29(36)37)28-25(35)18-33(9)24-12-13-26-30(5,6)27(38-21(4)34)15-16-31(26,7)23(24)14-17-32(28,33)8/h19,22,25-28,35H,3,10-18H2,1-2,4-9H3,(H,36,37)/t22?,25-,26+,27?,28+,31-,32-,33+/m1/s1. The van der Waals surface area contributed by atoms with Gasteiger partial charge < -0.3 is 14.9 Å². The van der Waals surface area contributed by atoms with Crippen molar-refractivity contribution >= 4 is 11.9 Å². The molecular weight excluding hydrogens is 476 g/mol. The van der Waals surface area contributed by atoms with Gasteiger partial charge in [0.25, 0.3) is 0 Å². The van der Waals surface area contributed by atoms with E-state index >= 15 is 0 Å². The van der Waals surface area contributed by atoms with E-state index in [9.17, 15) is 19.8 Å². The molecule has 5 nitrogen and oxygen atoms in total. The molecule has 0 aromatic heterocycles. The highest BCUT2D eigenvalue weighted by Gasteiger charge is 2.66. The van der Waals surface area contributed by atoms with Crippen LogP contribution in [0, 0.1) is 45.3 Å². The number of aliphatic carboxylic acids is 1. The summed E-state index contributed by atoms with van der Waals surface area (Å²) in [5.41, 5.74) is 3.62. The summed E-state index contributed by atoms with van der Waals surface area (Å²) in [4.78, 5) is 24.5. The van der Waals surface area contributed by atoms with Crippen LogP contribution in [0.15, 0.2) is 23.3 Å². The fourth-order valence-corrected chi connectivity index (χ4v) is 9.98. The van der Waals surface area contributed by atoms with Crippen LogP contribution in [0.2, 0.25) is 0 Å². The van der Waals surface area contributed by atoms with Crippen molar-refractivity contribution in [2.45, 2.75) is 125 Å². The second-order valence-electron chi connectivity index (χ2n) is 14.8. The second-order valence-corrected chi connectivity index (χ2v) is 14.8. The Hall–Kier alpha value is -1.62. The molecule has 0 aliphatic heterocycles. The molecule has 0 bridgehead atoms. The van der Waals surface area contributed by atoms with Crippen LogP contribution in [-0.4, -0.2) is 34.4 Å². The normalized spacial score (nSPS) is 40.7. The topological polar surface area (TPSA) is 83.8 Å². The van der Waals surface area contributed by atoms with E-state index in [1.54, 1.807) is 5.57 Å². The molecule has 38 heavy (non-hydrogen) atoms. The van der Waals surface area contributed by atoms with Crippen LogP contribution >= 0.6 is 0 Å². The minimum Gasteiger partial charge on any atom is -0.481 e. The third kappa shape index (κ3) is 4.30. The van der Waals surface area contributed by atoms with Crippen molar-refractivity contribution in [1.29, 1.82) is 0 Å². The molecule has 0 aromatic rings. The van der Waals surface area contributed by atoms with Crippen molar-refractivity contribution in [3.05, 3.63) is 23.3 Å². The summed E-state index contributed by atoms with van der Waals surface area (Å²) in [6.07, 6.45) is 6.98. The van der Waals surface area contributed by atoms with Crippen LogP contribution < -0.4 is 0 Å². The van der Waals surface area contributed by atoms with Crippen molar-refractivity contribution in [3.8, 4) is 0 Å². The Bertz CT molecular complexity index is 1020. The average molecular weight is 529 g/mol. The monoisotopic (exact) mass is 528 g/mol. The first-order valence-corrected chi connectivity index (χ1v) is 15.0. The summed E-state index contributed by atoms with van der Waals surface area (Å²) in [5.74, 6) is -1.05. The molecule has 4 aliphatic carbocycles. The molecule has 0 saturated heterocycles. The molecule has 0 radical (unpaired) electrons. The summed E-state index contributed by atoms with van der Waals surface area (Å²) in [6, 6.07) is 0. The molecule has 0 aromatic carbocycles. The zero-order valence-corrected chi connectivity index (χ0v) is 25.2. The van der Waals surface area contributed by atoms with Crippen molar-refractivity contribution in [3.63, 3.8) is 0 Å². The number of aliphatic hydroxyl groups is 1. The molecule has 4 rings (SSSR count). The van der Waals surface area contributed by atoms with E-state index in [1.165, 1.54) is 12.5 Å². The number of carbonyl (C=O) groups excluding carboxylic acids is 1. The molecule has 0 heterocycles. The van der Waals surface area contributed by atoms with E-state index in [0.29, 0.717) is 31.1 Å². The lowest BCUT2D eigenvalue weighted by Crippen LogP contribution is -2.56. The van der Waals surface area contributed by atoms with Gasteiger partial charge in [-0.05, 0) is 85.9 Å². The maximum Gasteiger partial charge on any atom is 0.306 e. The summed E-state index contributed by atoms with van der Waals surface area (Å²) in [7, 11) is 0. The van der Waals surface area contributed by atoms with Crippen molar-refractivity contribution in [2.75, 3.05) is 0 Å². The van der Waals surface area contributed by atoms with Gasteiger partial charge >= 0.3 is 11.9 Å². The zero-order chi connectivity index (χ0) is 28.4. The van der Waals surface area contributed by atoms with Crippen LogP contribution in [0.25, 0.3) is 0 Å². The molecule has 2 saturated carbocycles. The molecule has 8 atom stereocenters. The number of fused-ring (bicyclic) bond motifs is 4. The minimum absolute atomic E-state index is 0.0440. The Morgan fingerprint density at radius 1 is 1.05 bits per heavy atom. The van der Waals surface area contributed by atoms with Gasteiger partial charge in [-0.3, -0.25) is 9.59 Å². The van der Waals surface area contributed by atoms with Crippen LogP contribution in [0.4, 0.5) is 0 Å². The van der Waals surface area contributed by atoms with E-state index in [1.807, 2.05) is 0 Å². The Morgan fingerprint density at radius 2 is 1.71 bits per heavy atom. The summed E-state index contributed by atoms with van der Waals surface area (Å²) >= 11 is 0. The molecular formula is C33H52O5. The van der Waals surface area contributed by atoms with Crippen LogP contribution in [0.5, 0.6) is 0 Å². The summed E-state index contributed by atoms with van der Waals surface area (Å²) in [6.45, 7) is 21.5. The average Bonchev–Trinajstić information content (AvgIpc) is 3.01. The molecule has 0 spiro atoms. The van der Waals surface area contributed by atoms with Crippen molar-refractivity contribution in [1.82, 2.24) is 0 Å². The number of aliphatic hydroxyl groups excluding tert-OH is 1. The highest BCUT2D eigenvalue weighted by atomic mass is 16.5. The Labute approximate surface area is 230 Å². The van der Waals surface area contributed by atoms with Gasteiger partial charge in [0, 0.05) is 18.3 Å². The molecule has 0 amide bonds. The predicted molar refractivity (Wildman–Crippen MR) is 150 cm³/mol. The molecule has 2 unspecified atom stereocenters. The van der Waals surface area contributed by atoms with E-state index in [0.717, 1.165) is 44.1 Å². The number of carbonyl (C=O) groups is 2. The van der Waals surface area contributed by atoms with E-state index < -0.39 is 18.0 Å². The maximum atomic E-state index is 12.6. The molecule has 2 fully saturated rings. The van der Waals surface area contributed by atoms with Gasteiger partial charge in [-0.1, -0.05) is 71.8 Å². The van der Waals surface area contributed by atoms with Gasteiger partial charge in [-0.15, -0.1) is 0 Å². The SMILES string of the molecule is C=C(CCC(C(=O)O)[C@H]1[C@H](O)C[C@@]2(C)C3=C(CC[C@]12C)[C@@]1(C)CCC(OC(C)=O)C(C)(C)[C@@H]1CC3)C(C)C. The van der Waals surface area contributed by atoms with Crippen LogP contribution in [0.1, 0.15) is 113 Å². The lowest BCUT2D eigenvalue weighted by Gasteiger charge is -2.62. The molecule has 5 heteroatoms. The number of hydrogen-bond donors (Lipinski definition) is 2. The fourth-order valence-electron chi connectivity index (χ4n) is 9.98. The molecule has 4 aliphatic rings. The lowest BCUT2D eigenvalue weighted by molar-refractivity contribution is -0.167. The van der Waals surface area contributed by atoms with Gasteiger partial charge in [-0.2, -0.15) is 0 Å². The number of carboxylic acids is 1. The molecule has 214 valence electrons. The maximum absolute atomic E-state index is 12.6. The Morgan fingerprint density at radius 3 is 2.29 bits per heavy atom. The number of esters is 1. The Balaban J connectivity index is 1.69. The van der Waals surface area contributed by atoms with Gasteiger partial charge in [0.1, 0.15) is 6.10 Å². The first-order valence-electron chi connectivity index (χ1n) is 15.0. The summed E-state index contributed by atoms with van der Waals surface area (Å²) < 4.78 is 5.82. The third-order valence-electron chi connectivity index (χ3n) is 12.4. The number of allylic oxidation sites excluding steroid dienone is 3. The highest BCUT2D eigenvalue weighted by Crippen LogP contribution is 2.72. The number of rotatable bonds is 7. The van der Waals surface area contributed by atoms with E-state index in [4.69, 9.17) is 4.74 Å². The largest absolute Gasteiger partial charge is 0.481 e. The first kappa shape index (κ1) is 29.4. The van der Waals surface area contributed by atoms with Crippen LogP contribution in [-0.2, 0) is 14.3 Å². The Kier molecular flexibility index (Phi) is 7.56. The predicted octanol–water partition coefficient (Wildman–Crippen LogP) is 7.33. The minimum atomic E-state index is -0.780. The first-order chi connectivity index (χ1) is 17.5. The smallest absolute Gasteiger partial charge is 0.306 e. The third-order valence-corrected chi connectivity index (χ3v) is 12.4. The van der Waals surface area contributed by atoms with Crippen molar-refractivity contribution in [2.24, 2.45) is 45.3 Å². The highest BCUT2D eigenvalue weighted by molar-refractivity contribution is 5.71. The van der Waals surface area contributed by atoms with Gasteiger partial charge in [0.05, 0.1) is 12.0 Å². The second kappa shape index (κ2) is 9.78. The van der Waals surface area contributed by atoms with Gasteiger partial charge in [-0.25, -0.2) is 0 Å². The van der Waals surface area contributed by atoms with Crippen LogP contribution in [0.3, 0.4) is 0 Å². The van der Waals surface area contributed by atoms with Gasteiger partial charge in [0.2, 0.25) is 0 Å².